The third kappa shape index (κ3) is 3.37. The Morgan fingerprint density at radius 2 is 2.00 bits per heavy atom. The molecule has 1 heterocycles. The van der Waals surface area contributed by atoms with Crippen molar-refractivity contribution in [3.8, 4) is 0 Å². The zero-order valence-corrected chi connectivity index (χ0v) is 12.4. The molecule has 0 bridgehead atoms. The molecule has 1 N–H and O–H groups in total. The first-order valence-electron chi connectivity index (χ1n) is 5.53. The van der Waals surface area contributed by atoms with E-state index in [0.717, 1.165) is 23.1 Å². The molecule has 90 valence electrons. The molecule has 2 nitrogen and oxygen atoms in total. The molecule has 2 rings (SSSR count). The summed E-state index contributed by atoms with van der Waals surface area (Å²) in [6.07, 6.45) is 0.919. The van der Waals surface area contributed by atoms with E-state index in [2.05, 4.69) is 57.4 Å². The summed E-state index contributed by atoms with van der Waals surface area (Å²) < 4.78 is 1.12. The topological polar surface area (TPSA) is 24.9 Å². The maximum Gasteiger partial charge on any atom is 0.0975 e. The van der Waals surface area contributed by atoms with Crippen LogP contribution in [-0.2, 0) is 13.0 Å². The summed E-state index contributed by atoms with van der Waals surface area (Å²) in [5.74, 6) is 0. The number of hydrogen-bond acceptors (Lipinski definition) is 3. The Morgan fingerprint density at radius 3 is 2.65 bits per heavy atom. The van der Waals surface area contributed by atoms with Gasteiger partial charge in [-0.25, -0.2) is 4.98 Å². The van der Waals surface area contributed by atoms with Crippen molar-refractivity contribution in [2.24, 2.45) is 0 Å². The first kappa shape index (κ1) is 12.7. The van der Waals surface area contributed by atoms with Crippen molar-refractivity contribution in [1.82, 2.24) is 10.3 Å². The van der Waals surface area contributed by atoms with Crippen LogP contribution in [-0.4, -0.2) is 12.0 Å². The van der Waals surface area contributed by atoms with Crippen LogP contribution in [0.15, 0.2) is 28.7 Å². The largest absolute Gasteiger partial charge is 0.315 e. The fourth-order valence-corrected chi connectivity index (χ4v) is 3.05. The van der Waals surface area contributed by atoms with E-state index < -0.39 is 0 Å². The van der Waals surface area contributed by atoms with E-state index in [0.29, 0.717) is 0 Å². The Kier molecular flexibility index (Phi) is 4.31. The normalized spacial score (nSPS) is 10.8. The molecule has 0 aliphatic carbocycles. The molecule has 4 heteroatoms. The number of aryl methyl sites for hydroxylation is 1. The van der Waals surface area contributed by atoms with E-state index in [1.54, 1.807) is 11.3 Å². The van der Waals surface area contributed by atoms with Gasteiger partial charge in [-0.1, -0.05) is 28.1 Å². The molecule has 0 saturated heterocycles. The number of hydrogen-bond donors (Lipinski definition) is 1. The van der Waals surface area contributed by atoms with Crippen molar-refractivity contribution < 1.29 is 0 Å². The first-order chi connectivity index (χ1) is 8.19. The summed E-state index contributed by atoms with van der Waals surface area (Å²) in [6, 6.07) is 8.42. The van der Waals surface area contributed by atoms with E-state index in [1.807, 2.05) is 7.05 Å². The minimum absolute atomic E-state index is 0.907. The van der Waals surface area contributed by atoms with E-state index in [4.69, 9.17) is 0 Å². The zero-order chi connectivity index (χ0) is 12.3. The van der Waals surface area contributed by atoms with Gasteiger partial charge in [0.15, 0.2) is 0 Å². The molecule has 0 aliphatic rings. The van der Waals surface area contributed by atoms with E-state index >= 15 is 0 Å². The standard InChI is InChI=1S/C13H15BrN2S/c1-9-12(8-15-2)17-13(16-9)7-10-3-5-11(14)6-4-10/h3-6,15H,7-8H2,1-2H3. The lowest BCUT2D eigenvalue weighted by atomic mass is 10.2. The SMILES string of the molecule is CNCc1sc(Cc2ccc(Br)cc2)nc1C. The summed E-state index contributed by atoms with van der Waals surface area (Å²) in [6.45, 7) is 2.98. The molecule has 0 unspecified atom stereocenters. The van der Waals surface area contributed by atoms with Crippen molar-refractivity contribution in [2.75, 3.05) is 7.05 Å². The molecular weight excluding hydrogens is 296 g/mol. The summed E-state index contributed by atoms with van der Waals surface area (Å²) in [4.78, 5) is 5.95. The van der Waals surface area contributed by atoms with Gasteiger partial charge in [-0.3, -0.25) is 0 Å². The van der Waals surface area contributed by atoms with Gasteiger partial charge >= 0.3 is 0 Å². The minimum Gasteiger partial charge on any atom is -0.315 e. The summed E-state index contributed by atoms with van der Waals surface area (Å²) in [5.41, 5.74) is 2.45. The third-order valence-corrected chi connectivity index (χ3v) is 4.23. The van der Waals surface area contributed by atoms with Crippen molar-refractivity contribution >= 4 is 27.3 Å². The number of nitrogens with one attached hydrogen (secondary N) is 1. The highest BCUT2D eigenvalue weighted by molar-refractivity contribution is 9.10. The summed E-state index contributed by atoms with van der Waals surface area (Å²) >= 11 is 5.24. The van der Waals surface area contributed by atoms with Crippen LogP contribution < -0.4 is 5.32 Å². The number of rotatable bonds is 4. The van der Waals surface area contributed by atoms with E-state index in [9.17, 15) is 0 Å². The van der Waals surface area contributed by atoms with Gasteiger partial charge in [0.05, 0.1) is 10.7 Å². The van der Waals surface area contributed by atoms with Gasteiger partial charge in [0.2, 0.25) is 0 Å². The van der Waals surface area contributed by atoms with Crippen LogP contribution in [0.4, 0.5) is 0 Å². The molecule has 1 aromatic heterocycles. The Hall–Kier alpha value is -0.710. The predicted molar refractivity (Wildman–Crippen MR) is 76.6 cm³/mol. The number of aromatic nitrogens is 1. The minimum atomic E-state index is 0.907. The van der Waals surface area contributed by atoms with Gasteiger partial charge < -0.3 is 5.32 Å². The van der Waals surface area contributed by atoms with Crippen molar-refractivity contribution in [3.63, 3.8) is 0 Å². The molecule has 0 aliphatic heterocycles. The van der Waals surface area contributed by atoms with Gasteiger partial charge in [0.1, 0.15) is 0 Å². The number of nitrogens with zero attached hydrogens (tertiary/aromatic N) is 1. The van der Waals surface area contributed by atoms with Gasteiger partial charge in [-0.05, 0) is 31.7 Å². The number of benzene rings is 1. The second kappa shape index (κ2) is 5.76. The fourth-order valence-electron chi connectivity index (χ4n) is 1.67. The molecule has 0 atom stereocenters. The van der Waals surface area contributed by atoms with Gasteiger partial charge in [-0.15, -0.1) is 11.3 Å². The monoisotopic (exact) mass is 310 g/mol. The smallest absolute Gasteiger partial charge is 0.0975 e. The third-order valence-electron chi connectivity index (χ3n) is 2.54. The van der Waals surface area contributed by atoms with Crippen molar-refractivity contribution in [3.05, 3.63) is 49.9 Å². The van der Waals surface area contributed by atoms with Crippen LogP contribution in [0.3, 0.4) is 0 Å². The summed E-state index contributed by atoms with van der Waals surface area (Å²) in [5, 5.41) is 4.36. The number of halogens is 1. The van der Waals surface area contributed by atoms with Crippen LogP contribution in [0.2, 0.25) is 0 Å². The molecule has 0 amide bonds. The highest BCUT2D eigenvalue weighted by Crippen LogP contribution is 2.21. The maximum atomic E-state index is 4.61. The average molecular weight is 311 g/mol. The van der Waals surface area contributed by atoms with Crippen molar-refractivity contribution in [1.29, 1.82) is 0 Å². The van der Waals surface area contributed by atoms with Gasteiger partial charge in [0, 0.05) is 22.3 Å². The first-order valence-corrected chi connectivity index (χ1v) is 7.14. The lowest BCUT2D eigenvalue weighted by molar-refractivity contribution is 0.822. The fraction of sp³-hybridized carbons (Fsp3) is 0.308. The van der Waals surface area contributed by atoms with Crippen LogP contribution in [0.1, 0.15) is 21.1 Å². The molecular formula is C13H15BrN2S. The predicted octanol–water partition coefficient (Wildman–Crippen LogP) is 3.52. The Balaban J connectivity index is 2.13. The molecule has 0 fully saturated rings. The van der Waals surface area contributed by atoms with Crippen LogP contribution in [0.5, 0.6) is 0 Å². The Bertz CT molecular complexity index is 491. The second-order valence-electron chi connectivity index (χ2n) is 3.95. The highest BCUT2D eigenvalue weighted by Gasteiger charge is 2.07. The Morgan fingerprint density at radius 1 is 1.29 bits per heavy atom. The molecule has 0 radical (unpaired) electrons. The maximum absolute atomic E-state index is 4.61. The number of thiazole rings is 1. The molecule has 0 spiro atoms. The van der Waals surface area contributed by atoms with E-state index in [-0.39, 0.29) is 0 Å². The zero-order valence-electron chi connectivity index (χ0n) is 9.96. The van der Waals surface area contributed by atoms with E-state index in [1.165, 1.54) is 15.4 Å². The molecule has 0 saturated carbocycles. The quantitative estimate of drug-likeness (QED) is 0.934. The lowest BCUT2D eigenvalue weighted by Gasteiger charge is -1.97. The molecule has 1 aromatic carbocycles. The Labute approximate surface area is 114 Å². The second-order valence-corrected chi connectivity index (χ2v) is 6.03. The van der Waals surface area contributed by atoms with Gasteiger partial charge in [-0.2, -0.15) is 0 Å². The molecule has 17 heavy (non-hydrogen) atoms. The lowest BCUT2D eigenvalue weighted by Crippen LogP contribution is -2.04. The average Bonchev–Trinajstić information content (AvgIpc) is 2.63. The van der Waals surface area contributed by atoms with Crippen LogP contribution >= 0.6 is 27.3 Å². The van der Waals surface area contributed by atoms with Crippen molar-refractivity contribution in [2.45, 2.75) is 19.9 Å². The summed E-state index contributed by atoms with van der Waals surface area (Å²) in [7, 11) is 1.97. The van der Waals surface area contributed by atoms with Gasteiger partial charge in [0.25, 0.3) is 0 Å². The molecule has 2 aromatic rings. The highest BCUT2D eigenvalue weighted by atomic mass is 79.9. The van der Waals surface area contributed by atoms with Crippen LogP contribution in [0, 0.1) is 6.92 Å². The van der Waals surface area contributed by atoms with Crippen LogP contribution in [0.25, 0.3) is 0 Å².